The number of amides is 1. The molecule has 0 aliphatic carbocycles. The van der Waals surface area contributed by atoms with E-state index in [-0.39, 0.29) is 5.91 Å². The Labute approximate surface area is 174 Å². The first-order chi connectivity index (χ1) is 12.6. The normalized spacial score (nSPS) is 10.7. The zero-order valence-electron chi connectivity index (χ0n) is 13.7. The van der Waals surface area contributed by atoms with Crippen molar-refractivity contribution in [3.63, 3.8) is 0 Å². The van der Waals surface area contributed by atoms with Gasteiger partial charge in [-0.3, -0.25) is 4.79 Å². The molecule has 3 aromatic rings. The lowest BCUT2D eigenvalue weighted by atomic mass is 10.2. The minimum atomic E-state index is -0.0327. The standard InChI is InChI=1S/C19H16BrClN2OS2/c20-15-5-1-14(2-6-15)11-25-19-23-17(12-26-19)9-18(24)22-10-13-3-7-16(21)8-4-13/h1-8,12H,9-11H2,(H,22,24). The number of hydrogen-bond acceptors (Lipinski definition) is 4. The smallest absolute Gasteiger partial charge is 0.226 e. The van der Waals surface area contributed by atoms with E-state index in [0.29, 0.717) is 18.0 Å². The molecule has 1 N–H and O–H groups in total. The monoisotopic (exact) mass is 466 g/mol. The molecule has 0 saturated carbocycles. The molecular weight excluding hydrogens is 452 g/mol. The Kier molecular flexibility index (Phi) is 7.14. The van der Waals surface area contributed by atoms with Gasteiger partial charge in [0.1, 0.15) is 4.34 Å². The van der Waals surface area contributed by atoms with Crippen molar-refractivity contribution in [1.82, 2.24) is 10.3 Å². The molecule has 0 aliphatic rings. The number of rotatable bonds is 7. The number of nitrogens with zero attached hydrogens (tertiary/aromatic N) is 1. The van der Waals surface area contributed by atoms with Crippen LogP contribution >= 0.6 is 50.6 Å². The Balaban J connectivity index is 1.45. The fourth-order valence-corrected chi connectivity index (χ4v) is 4.38. The maximum atomic E-state index is 12.1. The molecule has 3 nitrogen and oxygen atoms in total. The van der Waals surface area contributed by atoms with Gasteiger partial charge in [0.05, 0.1) is 12.1 Å². The van der Waals surface area contributed by atoms with Crippen molar-refractivity contribution in [1.29, 1.82) is 0 Å². The highest BCUT2D eigenvalue weighted by molar-refractivity contribution is 9.10. The number of carbonyl (C=O) groups is 1. The second kappa shape index (κ2) is 9.55. The van der Waals surface area contributed by atoms with Gasteiger partial charge in [0.2, 0.25) is 5.91 Å². The van der Waals surface area contributed by atoms with Crippen LogP contribution in [0.5, 0.6) is 0 Å². The van der Waals surface area contributed by atoms with E-state index >= 15 is 0 Å². The summed E-state index contributed by atoms with van der Waals surface area (Å²) >= 11 is 12.6. The van der Waals surface area contributed by atoms with Gasteiger partial charge in [-0.15, -0.1) is 11.3 Å². The van der Waals surface area contributed by atoms with Crippen LogP contribution in [0.2, 0.25) is 5.02 Å². The van der Waals surface area contributed by atoms with E-state index in [0.717, 1.165) is 25.8 Å². The van der Waals surface area contributed by atoms with E-state index in [9.17, 15) is 4.79 Å². The number of hydrogen-bond donors (Lipinski definition) is 1. The van der Waals surface area contributed by atoms with Crippen molar-refractivity contribution < 1.29 is 4.79 Å². The van der Waals surface area contributed by atoms with Gasteiger partial charge >= 0.3 is 0 Å². The molecule has 134 valence electrons. The van der Waals surface area contributed by atoms with Crippen molar-refractivity contribution in [2.24, 2.45) is 0 Å². The fraction of sp³-hybridized carbons (Fsp3) is 0.158. The molecule has 0 aliphatic heterocycles. The summed E-state index contributed by atoms with van der Waals surface area (Å²) in [6, 6.07) is 15.7. The van der Waals surface area contributed by atoms with Gasteiger partial charge in [-0.2, -0.15) is 0 Å². The van der Waals surface area contributed by atoms with E-state index in [1.165, 1.54) is 5.56 Å². The van der Waals surface area contributed by atoms with E-state index in [1.54, 1.807) is 23.1 Å². The molecule has 0 bridgehead atoms. The first-order valence-electron chi connectivity index (χ1n) is 7.91. The van der Waals surface area contributed by atoms with Crippen LogP contribution in [0.25, 0.3) is 0 Å². The van der Waals surface area contributed by atoms with Gasteiger partial charge in [0.25, 0.3) is 0 Å². The minimum absolute atomic E-state index is 0.0327. The quantitative estimate of drug-likeness (QED) is 0.453. The highest BCUT2D eigenvalue weighted by Gasteiger charge is 2.08. The summed E-state index contributed by atoms with van der Waals surface area (Å²) in [6.45, 7) is 0.491. The number of nitrogens with one attached hydrogen (secondary N) is 1. The summed E-state index contributed by atoms with van der Waals surface area (Å²) in [4.78, 5) is 16.6. The highest BCUT2D eigenvalue weighted by atomic mass is 79.9. The Morgan fingerprint density at radius 2 is 1.81 bits per heavy atom. The summed E-state index contributed by atoms with van der Waals surface area (Å²) < 4.78 is 2.06. The molecule has 0 radical (unpaired) electrons. The lowest BCUT2D eigenvalue weighted by molar-refractivity contribution is -0.120. The maximum Gasteiger partial charge on any atom is 0.226 e. The third-order valence-corrected chi connectivity index (χ3v) is 6.47. The minimum Gasteiger partial charge on any atom is -0.352 e. The highest BCUT2D eigenvalue weighted by Crippen LogP contribution is 2.27. The molecule has 1 amide bonds. The van der Waals surface area contributed by atoms with Crippen molar-refractivity contribution in [3.8, 4) is 0 Å². The predicted molar refractivity (Wildman–Crippen MR) is 113 cm³/mol. The summed E-state index contributed by atoms with van der Waals surface area (Å²) in [7, 11) is 0. The average molecular weight is 468 g/mol. The Bertz CT molecular complexity index is 866. The number of thiazole rings is 1. The van der Waals surface area contributed by atoms with Gasteiger partial charge in [-0.05, 0) is 35.4 Å². The molecule has 0 saturated heterocycles. The Hall–Kier alpha value is -1.34. The number of thioether (sulfide) groups is 1. The molecule has 0 spiro atoms. The number of benzene rings is 2. The molecule has 7 heteroatoms. The lowest BCUT2D eigenvalue weighted by Crippen LogP contribution is -2.24. The van der Waals surface area contributed by atoms with Crippen LogP contribution in [0.15, 0.2) is 62.7 Å². The number of halogens is 2. The van der Waals surface area contributed by atoms with Crippen molar-refractivity contribution in [2.45, 2.75) is 23.1 Å². The first-order valence-corrected chi connectivity index (χ1v) is 10.9. The van der Waals surface area contributed by atoms with Gasteiger partial charge < -0.3 is 5.32 Å². The van der Waals surface area contributed by atoms with E-state index in [4.69, 9.17) is 11.6 Å². The summed E-state index contributed by atoms with van der Waals surface area (Å²) in [6.07, 6.45) is 0.295. The van der Waals surface area contributed by atoms with Crippen LogP contribution < -0.4 is 5.32 Å². The third-order valence-electron chi connectivity index (χ3n) is 3.55. The van der Waals surface area contributed by atoms with Crippen molar-refractivity contribution in [3.05, 3.63) is 80.2 Å². The van der Waals surface area contributed by atoms with E-state index in [1.807, 2.05) is 41.8 Å². The molecular formula is C19H16BrClN2OS2. The van der Waals surface area contributed by atoms with Crippen LogP contribution in [-0.4, -0.2) is 10.9 Å². The fourth-order valence-electron chi connectivity index (χ4n) is 2.19. The van der Waals surface area contributed by atoms with Gasteiger partial charge in [0, 0.05) is 27.2 Å². The molecule has 2 aromatic carbocycles. The molecule has 1 heterocycles. The van der Waals surface area contributed by atoms with E-state index < -0.39 is 0 Å². The second-order valence-corrected chi connectivity index (χ2v) is 9.03. The largest absolute Gasteiger partial charge is 0.352 e. The Morgan fingerprint density at radius 1 is 1.12 bits per heavy atom. The third kappa shape index (κ3) is 6.13. The SMILES string of the molecule is O=C(Cc1csc(SCc2ccc(Br)cc2)n1)NCc1ccc(Cl)cc1. The molecule has 1 aromatic heterocycles. The number of aromatic nitrogens is 1. The number of carbonyl (C=O) groups excluding carboxylic acids is 1. The van der Waals surface area contributed by atoms with Crippen LogP contribution in [0.1, 0.15) is 16.8 Å². The van der Waals surface area contributed by atoms with Gasteiger partial charge in [-0.25, -0.2) is 4.98 Å². The van der Waals surface area contributed by atoms with Crippen molar-refractivity contribution >= 4 is 56.5 Å². The zero-order valence-corrected chi connectivity index (χ0v) is 17.7. The van der Waals surface area contributed by atoms with Gasteiger partial charge in [0.15, 0.2) is 0 Å². The molecule has 0 fully saturated rings. The van der Waals surface area contributed by atoms with Crippen LogP contribution in [0.4, 0.5) is 0 Å². The lowest BCUT2D eigenvalue weighted by Gasteiger charge is -2.04. The summed E-state index contributed by atoms with van der Waals surface area (Å²) in [5.41, 5.74) is 3.07. The zero-order chi connectivity index (χ0) is 18.4. The van der Waals surface area contributed by atoms with Crippen LogP contribution in [0, 0.1) is 0 Å². The average Bonchev–Trinajstić information content (AvgIpc) is 3.08. The molecule has 26 heavy (non-hydrogen) atoms. The second-order valence-electron chi connectivity index (χ2n) is 5.60. The van der Waals surface area contributed by atoms with E-state index in [2.05, 4.69) is 38.4 Å². The van der Waals surface area contributed by atoms with Crippen LogP contribution in [-0.2, 0) is 23.5 Å². The van der Waals surface area contributed by atoms with Crippen molar-refractivity contribution in [2.75, 3.05) is 0 Å². The van der Waals surface area contributed by atoms with Gasteiger partial charge in [-0.1, -0.05) is 63.6 Å². The topological polar surface area (TPSA) is 42.0 Å². The Morgan fingerprint density at radius 3 is 2.54 bits per heavy atom. The molecule has 3 rings (SSSR count). The summed E-state index contributed by atoms with van der Waals surface area (Å²) in [5.74, 6) is 0.831. The molecule has 0 unspecified atom stereocenters. The summed E-state index contributed by atoms with van der Waals surface area (Å²) in [5, 5.41) is 5.55. The maximum absolute atomic E-state index is 12.1. The van der Waals surface area contributed by atoms with Crippen LogP contribution in [0.3, 0.4) is 0 Å². The molecule has 0 atom stereocenters. The first kappa shape index (κ1) is 19.4. The predicted octanol–water partition coefficient (Wildman–Crippen LogP) is 5.71.